The molecule has 2 aliphatic heterocycles. The highest BCUT2D eigenvalue weighted by Crippen LogP contribution is 2.53. The number of likely N-dealkylation sites (tertiary alicyclic amines) is 1. The summed E-state index contributed by atoms with van der Waals surface area (Å²) >= 11 is 14.8. The Morgan fingerprint density at radius 1 is 1.11 bits per heavy atom. The number of carbonyl (C=O) groups is 1. The van der Waals surface area contributed by atoms with Gasteiger partial charge in [0.1, 0.15) is 0 Å². The molecule has 4 nitrogen and oxygen atoms in total. The fourth-order valence-corrected chi connectivity index (χ4v) is 7.60. The summed E-state index contributed by atoms with van der Waals surface area (Å²) in [7, 11) is 3.88. The fourth-order valence-electron chi connectivity index (χ4n) is 5.79. The first-order valence-corrected chi connectivity index (χ1v) is 14.6. The van der Waals surface area contributed by atoms with Gasteiger partial charge in [0, 0.05) is 36.1 Å². The highest BCUT2D eigenvalue weighted by Gasteiger charge is 2.42. The second kappa shape index (κ2) is 10.9. The lowest BCUT2D eigenvalue weighted by molar-refractivity contribution is -0.139. The van der Waals surface area contributed by atoms with Crippen LogP contribution >= 0.6 is 35.0 Å². The molecule has 1 N–H and O–H groups in total. The topological polar surface area (TPSA) is 35.6 Å². The van der Waals surface area contributed by atoms with Crippen molar-refractivity contribution in [1.82, 2.24) is 15.1 Å². The molecule has 2 aromatic carbocycles. The molecule has 1 spiro atoms. The summed E-state index contributed by atoms with van der Waals surface area (Å²) in [5, 5.41) is 4.67. The third-order valence-corrected chi connectivity index (χ3v) is 10.4. The van der Waals surface area contributed by atoms with Gasteiger partial charge in [0.2, 0.25) is 5.91 Å². The maximum atomic E-state index is 13.1. The lowest BCUT2D eigenvalue weighted by Crippen LogP contribution is -2.53. The van der Waals surface area contributed by atoms with E-state index in [0.29, 0.717) is 16.6 Å². The number of benzene rings is 2. The Hall–Kier alpha value is -1.24. The van der Waals surface area contributed by atoms with Gasteiger partial charge in [0.25, 0.3) is 0 Å². The van der Waals surface area contributed by atoms with E-state index in [-0.39, 0.29) is 10.7 Å². The number of amides is 1. The minimum Gasteiger partial charge on any atom is -0.343 e. The fraction of sp³-hybridized carbons (Fsp3) is 0.552. The highest BCUT2D eigenvalue weighted by molar-refractivity contribution is 7.99. The molecule has 1 atom stereocenters. The van der Waals surface area contributed by atoms with Gasteiger partial charge in [-0.3, -0.25) is 4.79 Å². The van der Waals surface area contributed by atoms with Gasteiger partial charge in [-0.2, -0.15) is 0 Å². The number of nitrogens with zero attached hydrogens (tertiary/aromatic N) is 2. The van der Waals surface area contributed by atoms with Gasteiger partial charge >= 0.3 is 0 Å². The predicted octanol–water partition coefficient (Wildman–Crippen LogP) is 6.54. The summed E-state index contributed by atoms with van der Waals surface area (Å²) in [5.41, 5.74) is 3.24. The Morgan fingerprint density at radius 3 is 2.44 bits per heavy atom. The molecule has 2 aliphatic rings. The summed E-state index contributed by atoms with van der Waals surface area (Å²) in [6, 6.07) is 14.8. The minimum atomic E-state index is -0.442. The zero-order valence-corrected chi connectivity index (χ0v) is 24.5. The Kier molecular flexibility index (Phi) is 8.38. The maximum absolute atomic E-state index is 13.1. The van der Waals surface area contributed by atoms with Gasteiger partial charge in [-0.05, 0) is 68.2 Å². The van der Waals surface area contributed by atoms with Crippen molar-refractivity contribution in [2.24, 2.45) is 5.41 Å². The van der Waals surface area contributed by atoms with Crippen molar-refractivity contribution >= 4 is 40.9 Å². The Labute approximate surface area is 231 Å². The molecule has 7 heteroatoms. The van der Waals surface area contributed by atoms with Gasteiger partial charge in [0.15, 0.2) is 0 Å². The van der Waals surface area contributed by atoms with Crippen LogP contribution in [0.25, 0.3) is 0 Å². The van der Waals surface area contributed by atoms with Crippen molar-refractivity contribution in [2.45, 2.75) is 56.1 Å². The quantitative estimate of drug-likeness (QED) is 0.426. The lowest BCUT2D eigenvalue weighted by Gasteiger charge is -2.43. The molecule has 0 saturated carbocycles. The van der Waals surface area contributed by atoms with Crippen LogP contribution in [0.2, 0.25) is 10.0 Å². The summed E-state index contributed by atoms with van der Waals surface area (Å²) in [6.07, 6.45) is 3.22. The van der Waals surface area contributed by atoms with Crippen molar-refractivity contribution in [2.75, 3.05) is 40.3 Å². The first-order valence-electron chi connectivity index (χ1n) is 12.8. The zero-order valence-electron chi connectivity index (χ0n) is 22.2. The largest absolute Gasteiger partial charge is 0.343 e. The molecular formula is C29H39Cl2N3OS. The van der Waals surface area contributed by atoms with E-state index in [2.05, 4.69) is 46.2 Å². The third-order valence-electron chi connectivity index (χ3n) is 7.98. The molecule has 1 saturated heterocycles. The Bertz CT molecular complexity index is 1090. The van der Waals surface area contributed by atoms with Crippen LogP contribution in [0.3, 0.4) is 0 Å². The van der Waals surface area contributed by atoms with E-state index in [9.17, 15) is 4.79 Å². The van der Waals surface area contributed by atoms with E-state index < -0.39 is 11.0 Å². The number of nitrogens with one attached hydrogen (secondary N) is 1. The van der Waals surface area contributed by atoms with Crippen molar-refractivity contribution in [1.29, 1.82) is 0 Å². The van der Waals surface area contributed by atoms with Crippen LogP contribution < -0.4 is 5.32 Å². The van der Waals surface area contributed by atoms with Crippen LogP contribution in [0.1, 0.15) is 56.7 Å². The molecule has 1 fully saturated rings. The van der Waals surface area contributed by atoms with Crippen molar-refractivity contribution in [3.05, 3.63) is 69.2 Å². The van der Waals surface area contributed by atoms with E-state index in [1.165, 1.54) is 18.4 Å². The van der Waals surface area contributed by atoms with Crippen LogP contribution in [0.4, 0.5) is 0 Å². The van der Waals surface area contributed by atoms with Crippen LogP contribution in [0, 0.1) is 5.41 Å². The van der Waals surface area contributed by atoms with E-state index in [1.54, 1.807) is 5.56 Å². The zero-order chi connectivity index (χ0) is 26.1. The molecule has 2 heterocycles. The maximum Gasteiger partial charge on any atom is 0.227 e. The average molecular weight is 549 g/mol. The molecule has 0 bridgehead atoms. The van der Waals surface area contributed by atoms with E-state index in [1.807, 2.05) is 58.0 Å². The summed E-state index contributed by atoms with van der Waals surface area (Å²) < 4.78 is 0.274. The molecule has 4 rings (SSSR count). The second-order valence-electron chi connectivity index (χ2n) is 11.4. The number of hydrogen-bond donors (Lipinski definition) is 1. The standard InChI is InChI=1S/C29H39Cl2N3OS/c1-27(2,3)26(35)33(5)20-28(32-4,22-10-11-24(30)25(31)18-22)12-15-34-16-13-29(14-17-34)23-9-7-6-8-21(23)19-36-29/h6-11,18,32H,12-17,19-20H2,1-5H3/t28-/m1/s1. The number of hydrogen-bond acceptors (Lipinski definition) is 4. The van der Waals surface area contributed by atoms with Gasteiger partial charge < -0.3 is 15.1 Å². The number of thioether (sulfide) groups is 1. The summed E-state index contributed by atoms with van der Waals surface area (Å²) in [4.78, 5) is 17.5. The number of fused-ring (bicyclic) bond motifs is 2. The van der Waals surface area contributed by atoms with Gasteiger partial charge in [-0.25, -0.2) is 0 Å². The second-order valence-corrected chi connectivity index (χ2v) is 13.6. The predicted molar refractivity (Wildman–Crippen MR) is 154 cm³/mol. The van der Waals surface area contributed by atoms with Crippen molar-refractivity contribution in [3.63, 3.8) is 0 Å². The van der Waals surface area contributed by atoms with Gasteiger partial charge in [-0.15, -0.1) is 11.8 Å². The Morgan fingerprint density at radius 2 is 1.81 bits per heavy atom. The molecule has 36 heavy (non-hydrogen) atoms. The highest BCUT2D eigenvalue weighted by atomic mass is 35.5. The minimum absolute atomic E-state index is 0.124. The molecule has 0 aliphatic carbocycles. The Balaban J connectivity index is 1.51. The van der Waals surface area contributed by atoms with Gasteiger partial charge in [-0.1, -0.05) is 74.3 Å². The van der Waals surface area contributed by atoms with Crippen molar-refractivity contribution in [3.8, 4) is 0 Å². The molecule has 0 unspecified atom stereocenters. The first-order chi connectivity index (χ1) is 17.0. The lowest BCUT2D eigenvalue weighted by atomic mass is 9.83. The number of rotatable bonds is 7. The van der Waals surface area contributed by atoms with E-state index in [0.717, 1.165) is 37.4 Å². The summed E-state index contributed by atoms with van der Waals surface area (Å²) in [5.74, 6) is 1.25. The van der Waals surface area contributed by atoms with Crippen LogP contribution in [0.5, 0.6) is 0 Å². The molecule has 196 valence electrons. The molecule has 0 aromatic heterocycles. The summed E-state index contributed by atoms with van der Waals surface area (Å²) in [6.45, 7) is 9.57. The first kappa shape index (κ1) is 27.8. The third kappa shape index (κ3) is 5.61. The SMILES string of the molecule is CN[C@](CCN1CCC2(CC1)SCc1ccccc12)(CN(C)C(=O)C(C)(C)C)c1ccc(Cl)c(Cl)c1. The van der Waals surface area contributed by atoms with Gasteiger partial charge in [0.05, 0.1) is 15.6 Å². The number of carbonyl (C=O) groups excluding carboxylic acids is 1. The van der Waals surface area contributed by atoms with Crippen LogP contribution in [0.15, 0.2) is 42.5 Å². The molecule has 0 radical (unpaired) electrons. The smallest absolute Gasteiger partial charge is 0.227 e. The molecule has 1 amide bonds. The van der Waals surface area contributed by atoms with Crippen molar-refractivity contribution < 1.29 is 4.79 Å². The normalized spacial score (nSPS) is 19.2. The number of piperidine rings is 1. The number of halogens is 2. The van der Waals surface area contributed by atoms with Crippen LogP contribution in [-0.2, 0) is 20.8 Å². The monoisotopic (exact) mass is 547 g/mol. The molecular weight excluding hydrogens is 509 g/mol. The van der Waals surface area contributed by atoms with E-state index >= 15 is 0 Å². The van der Waals surface area contributed by atoms with E-state index in [4.69, 9.17) is 23.2 Å². The average Bonchev–Trinajstić information content (AvgIpc) is 3.21. The van der Waals surface area contributed by atoms with Crippen LogP contribution in [-0.4, -0.2) is 56.0 Å². The molecule has 2 aromatic rings. The number of likely N-dealkylation sites (N-methyl/N-ethyl adjacent to an activating group) is 2.